The molecule has 0 N–H and O–H groups in total. The van der Waals surface area contributed by atoms with E-state index in [9.17, 15) is 4.79 Å². The number of thiazole rings is 1. The van der Waals surface area contributed by atoms with Crippen LogP contribution in [0, 0.1) is 13.8 Å². The number of benzene rings is 1. The van der Waals surface area contributed by atoms with Gasteiger partial charge in [0.25, 0.3) is 5.56 Å². The lowest BCUT2D eigenvalue weighted by Gasteiger charge is -1.98. The number of nitrogens with zero attached hydrogens (tertiary/aromatic N) is 3. The number of hydrogen-bond acceptors (Lipinski definition) is 4. The van der Waals surface area contributed by atoms with Crippen LogP contribution in [0.1, 0.15) is 16.7 Å². The van der Waals surface area contributed by atoms with Crippen LogP contribution in [0.15, 0.2) is 41.5 Å². The molecular formula is C17H13N3OS. The Morgan fingerprint density at radius 2 is 1.86 bits per heavy atom. The van der Waals surface area contributed by atoms with E-state index in [2.05, 4.69) is 23.8 Å². The van der Waals surface area contributed by atoms with E-state index in [0.29, 0.717) is 4.53 Å². The first-order valence-electron chi connectivity index (χ1n) is 6.97. The lowest BCUT2D eigenvalue weighted by molar-refractivity contribution is 1.18. The summed E-state index contributed by atoms with van der Waals surface area (Å²) in [4.78, 5) is 22.0. The number of hydrogen-bond donors (Lipinski definition) is 0. The second-order valence-corrected chi connectivity index (χ2v) is 6.36. The first kappa shape index (κ1) is 13.2. The van der Waals surface area contributed by atoms with Crippen molar-refractivity contribution in [3.05, 3.63) is 68.2 Å². The molecule has 0 unspecified atom stereocenters. The zero-order chi connectivity index (χ0) is 15.3. The molecule has 0 saturated heterocycles. The minimum atomic E-state index is -0.0115. The molecule has 4 rings (SSSR count). The van der Waals surface area contributed by atoms with E-state index >= 15 is 0 Å². The third-order valence-electron chi connectivity index (χ3n) is 3.86. The van der Waals surface area contributed by atoms with Crippen LogP contribution in [0.5, 0.6) is 0 Å². The number of aryl methyl sites for hydroxylation is 2. The van der Waals surface area contributed by atoms with Crippen molar-refractivity contribution in [1.82, 2.24) is 14.4 Å². The van der Waals surface area contributed by atoms with Crippen LogP contribution in [-0.4, -0.2) is 14.4 Å². The average Bonchev–Trinajstić information content (AvgIpc) is 2.98. The number of pyridine rings is 1. The summed E-state index contributed by atoms with van der Waals surface area (Å²) >= 11 is 1.42. The largest absolute Gasteiger partial charge is 0.274 e. The SMILES string of the molecule is Cc1cc2nc3s/c(=C/c4ccncc4)c(=O)n3c2cc1C. The van der Waals surface area contributed by atoms with Crippen LogP contribution < -0.4 is 10.1 Å². The molecule has 0 aliphatic rings. The lowest BCUT2D eigenvalue weighted by atomic mass is 10.1. The molecule has 0 amide bonds. The molecule has 0 aliphatic heterocycles. The molecule has 0 saturated carbocycles. The summed E-state index contributed by atoms with van der Waals surface area (Å²) in [7, 11) is 0. The van der Waals surface area contributed by atoms with Gasteiger partial charge in [-0.15, -0.1) is 0 Å². The maximum Gasteiger partial charge on any atom is 0.274 e. The normalized spacial score (nSPS) is 12.5. The van der Waals surface area contributed by atoms with Crippen LogP contribution in [0.2, 0.25) is 0 Å². The van der Waals surface area contributed by atoms with Crippen LogP contribution in [0.4, 0.5) is 0 Å². The highest BCUT2D eigenvalue weighted by Gasteiger charge is 2.12. The van der Waals surface area contributed by atoms with E-state index in [1.54, 1.807) is 16.8 Å². The molecule has 108 valence electrons. The molecule has 5 heteroatoms. The Balaban J connectivity index is 2.05. The van der Waals surface area contributed by atoms with E-state index in [1.165, 1.54) is 22.5 Å². The molecule has 0 aliphatic carbocycles. The summed E-state index contributed by atoms with van der Waals surface area (Å²) in [6.45, 7) is 4.11. The van der Waals surface area contributed by atoms with E-state index in [-0.39, 0.29) is 5.56 Å². The van der Waals surface area contributed by atoms with Gasteiger partial charge in [0.15, 0.2) is 4.96 Å². The third-order valence-corrected chi connectivity index (χ3v) is 4.83. The van der Waals surface area contributed by atoms with Crippen LogP contribution in [0.3, 0.4) is 0 Å². The lowest BCUT2D eigenvalue weighted by Crippen LogP contribution is -2.22. The van der Waals surface area contributed by atoms with Gasteiger partial charge in [0, 0.05) is 12.4 Å². The van der Waals surface area contributed by atoms with Gasteiger partial charge in [0.05, 0.1) is 15.6 Å². The maximum absolute atomic E-state index is 12.7. The van der Waals surface area contributed by atoms with Crippen molar-refractivity contribution in [3.8, 4) is 0 Å². The van der Waals surface area contributed by atoms with Gasteiger partial charge in [0.1, 0.15) is 0 Å². The Morgan fingerprint density at radius 1 is 1.14 bits per heavy atom. The summed E-state index contributed by atoms with van der Waals surface area (Å²) in [5.41, 5.74) is 5.07. The minimum absolute atomic E-state index is 0.0115. The Labute approximate surface area is 130 Å². The predicted molar refractivity (Wildman–Crippen MR) is 89.3 cm³/mol. The topological polar surface area (TPSA) is 47.3 Å². The second-order valence-electron chi connectivity index (χ2n) is 5.35. The molecule has 1 aromatic carbocycles. The Hall–Kier alpha value is -2.53. The molecule has 0 bridgehead atoms. The van der Waals surface area contributed by atoms with E-state index in [4.69, 9.17) is 0 Å². The molecule has 4 aromatic rings. The zero-order valence-corrected chi connectivity index (χ0v) is 13.0. The van der Waals surface area contributed by atoms with Gasteiger partial charge in [-0.25, -0.2) is 9.38 Å². The first-order valence-corrected chi connectivity index (χ1v) is 7.79. The van der Waals surface area contributed by atoms with Crippen LogP contribution in [-0.2, 0) is 0 Å². The summed E-state index contributed by atoms with van der Waals surface area (Å²) in [5, 5.41) is 0. The Bertz CT molecular complexity index is 1110. The van der Waals surface area contributed by atoms with Crippen molar-refractivity contribution in [2.75, 3.05) is 0 Å². The average molecular weight is 307 g/mol. The number of fused-ring (bicyclic) bond motifs is 3. The highest BCUT2D eigenvalue weighted by molar-refractivity contribution is 7.15. The molecule has 4 nitrogen and oxygen atoms in total. The standard InChI is InChI=1S/C17H13N3OS/c1-10-7-13-14(8-11(10)2)20-16(21)15(22-17(20)19-13)9-12-3-5-18-6-4-12/h3-9H,1-2H3/b15-9+. The quantitative estimate of drug-likeness (QED) is 0.543. The molecule has 0 fully saturated rings. The molecule has 0 spiro atoms. The maximum atomic E-state index is 12.7. The van der Waals surface area contributed by atoms with Gasteiger partial charge in [-0.3, -0.25) is 9.78 Å². The van der Waals surface area contributed by atoms with Gasteiger partial charge in [-0.05, 0) is 60.9 Å². The Morgan fingerprint density at radius 3 is 2.64 bits per heavy atom. The third kappa shape index (κ3) is 1.94. The van der Waals surface area contributed by atoms with Crippen LogP contribution in [0.25, 0.3) is 22.1 Å². The fourth-order valence-corrected chi connectivity index (χ4v) is 3.52. The monoisotopic (exact) mass is 307 g/mol. The molecule has 3 heterocycles. The van der Waals surface area contributed by atoms with Crippen LogP contribution >= 0.6 is 11.3 Å². The van der Waals surface area contributed by atoms with Gasteiger partial charge >= 0.3 is 0 Å². The van der Waals surface area contributed by atoms with E-state index < -0.39 is 0 Å². The fourth-order valence-electron chi connectivity index (χ4n) is 2.53. The Kier molecular flexibility index (Phi) is 2.84. The predicted octanol–water partition coefficient (Wildman–Crippen LogP) is 2.47. The number of rotatable bonds is 1. The van der Waals surface area contributed by atoms with Gasteiger partial charge < -0.3 is 0 Å². The van der Waals surface area contributed by atoms with Crippen molar-refractivity contribution in [2.45, 2.75) is 13.8 Å². The minimum Gasteiger partial charge on any atom is -0.267 e. The number of aromatic nitrogens is 3. The van der Waals surface area contributed by atoms with Gasteiger partial charge in [-0.2, -0.15) is 0 Å². The highest BCUT2D eigenvalue weighted by atomic mass is 32.1. The van der Waals surface area contributed by atoms with E-state index in [0.717, 1.165) is 21.6 Å². The van der Waals surface area contributed by atoms with Crippen molar-refractivity contribution >= 4 is 33.4 Å². The fraction of sp³-hybridized carbons (Fsp3) is 0.118. The van der Waals surface area contributed by atoms with Crippen molar-refractivity contribution in [3.63, 3.8) is 0 Å². The summed E-state index contributed by atoms with van der Waals surface area (Å²) in [5.74, 6) is 0. The molecule has 3 aromatic heterocycles. The summed E-state index contributed by atoms with van der Waals surface area (Å²) < 4.78 is 2.40. The molecular weight excluding hydrogens is 294 g/mol. The summed E-state index contributed by atoms with van der Waals surface area (Å²) in [6.07, 6.45) is 5.32. The summed E-state index contributed by atoms with van der Waals surface area (Å²) in [6, 6.07) is 7.84. The smallest absolute Gasteiger partial charge is 0.267 e. The second kappa shape index (κ2) is 4.74. The highest BCUT2D eigenvalue weighted by Crippen LogP contribution is 2.20. The number of imidazole rings is 1. The zero-order valence-electron chi connectivity index (χ0n) is 12.2. The van der Waals surface area contributed by atoms with Crippen molar-refractivity contribution < 1.29 is 0 Å². The van der Waals surface area contributed by atoms with Gasteiger partial charge in [-0.1, -0.05) is 11.3 Å². The molecule has 0 radical (unpaired) electrons. The van der Waals surface area contributed by atoms with Crippen molar-refractivity contribution in [1.29, 1.82) is 0 Å². The molecule has 0 atom stereocenters. The molecule has 22 heavy (non-hydrogen) atoms. The first-order chi connectivity index (χ1) is 10.6. The van der Waals surface area contributed by atoms with Crippen molar-refractivity contribution in [2.24, 2.45) is 0 Å². The van der Waals surface area contributed by atoms with Gasteiger partial charge in [0.2, 0.25) is 0 Å². The van der Waals surface area contributed by atoms with E-state index in [1.807, 2.05) is 30.3 Å².